The molecule has 1 saturated heterocycles. The molecule has 118 valence electrons. The molecule has 0 spiro atoms. The summed E-state index contributed by atoms with van der Waals surface area (Å²) < 4.78 is 7.31. The molecule has 0 saturated carbocycles. The zero-order chi connectivity index (χ0) is 15.5. The van der Waals surface area contributed by atoms with Crippen molar-refractivity contribution in [1.82, 2.24) is 14.5 Å². The molecule has 2 heterocycles. The van der Waals surface area contributed by atoms with E-state index in [2.05, 4.69) is 21.4 Å². The van der Waals surface area contributed by atoms with Crippen LogP contribution in [0.1, 0.15) is 24.9 Å². The van der Waals surface area contributed by atoms with E-state index in [1.54, 1.807) is 13.2 Å². The number of phenols is 1. The van der Waals surface area contributed by atoms with Gasteiger partial charge in [0.05, 0.1) is 13.4 Å². The first-order chi connectivity index (χ1) is 10.7. The van der Waals surface area contributed by atoms with Gasteiger partial charge >= 0.3 is 0 Å². The summed E-state index contributed by atoms with van der Waals surface area (Å²) in [6.45, 7) is 5.24. The average Bonchev–Trinajstić information content (AvgIpc) is 3.03. The molecule has 22 heavy (non-hydrogen) atoms. The van der Waals surface area contributed by atoms with Gasteiger partial charge in [0, 0.05) is 31.5 Å². The minimum absolute atomic E-state index is 0.205. The second kappa shape index (κ2) is 6.40. The summed E-state index contributed by atoms with van der Waals surface area (Å²) in [5.41, 5.74) is 1.11. The topological polar surface area (TPSA) is 50.5 Å². The molecule has 1 aliphatic rings. The van der Waals surface area contributed by atoms with Crippen molar-refractivity contribution in [1.29, 1.82) is 0 Å². The molecule has 2 aromatic rings. The molecular weight excluding hydrogens is 278 g/mol. The number of nitrogens with zero attached hydrogens (tertiary/aromatic N) is 3. The highest BCUT2D eigenvalue weighted by Gasteiger charge is 2.27. The van der Waals surface area contributed by atoms with Gasteiger partial charge in [-0.25, -0.2) is 4.98 Å². The van der Waals surface area contributed by atoms with Crippen LogP contribution in [0.5, 0.6) is 11.5 Å². The van der Waals surface area contributed by atoms with Crippen molar-refractivity contribution in [3.63, 3.8) is 0 Å². The van der Waals surface area contributed by atoms with E-state index in [4.69, 9.17) is 4.74 Å². The Labute approximate surface area is 131 Å². The van der Waals surface area contributed by atoms with Crippen molar-refractivity contribution in [2.45, 2.75) is 25.9 Å². The Bertz CT molecular complexity index is 612. The van der Waals surface area contributed by atoms with Gasteiger partial charge in [-0.15, -0.1) is 0 Å². The molecule has 0 aliphatic carbocycles. The van der Waals surface area contributed by atoms with Gasteiger partial charge in [-0.3, -0.25) is 4.90 Å². The van der Waals surface area contributed by atoms with Gasteiger partial charge in [0.1, 0.15) is 0 Å². The fourth-order valence-corrected chi connectivity index (χ4v) is 3.20. The highest BCUT2D eigenvalue weighted by Crippen LogP contribution is 2.30. The average molecular weight is 301 g/mol. The Kier molecular flexibility index (Phi) is 4.34. The lowest BCUT2D eigenvalue weighted by Gasteiger charge is -2.37. The van der Waals surface area contributed by atoms with E-state index in [1.165, 1.54) is 6.42 Å². The number of methoxy groups -OCH3 is 1. The number of benzene rings is 1. The zero-order valence-electron chi connectivity index (χ0n) is 13.1. The third-order valence-electron chi connectivity index (χ3n) is 4.56. The summed E-state index contributed by atoms with van der Waals surface area (Å²) in [5.74, 6) is 1.37. The molecule has 5 heteroatoms. The van der Waals surface area contributed by atoms with Crippen LogP contribution in [0.3, 0.4) is 0 Å². The third kappa shape index (κ3) is 3.09. The van der Waals surface area contributed by atoms with Crippen LogP contribution < -0.4 is 4.74 Å². The molecule has 0 amide bonds. The van der Waals surface area contributed by atoms with Crippen LogP contribution in [0, 0.1) is 5.92 Å². The van der Waals surface area contributed by atoms with Crippen molar-refractivity contribution in [2.75, 3.05) is 20.2 Å². The lowest BCUT2D eigenvalue weighted by atomic mass is 9.93. The van der Waals surface area contributed by atoms with Gasteiger partial charge in [0.2, 0.25) is 0 Å². The van der Waals surface area contributed by atoms with Crippen LogP contribution in [-0.4, -0.2) is 39.8 Å². The Balaban J connectivity index is 1.69. The first kappa shape index (κ1) is 14.9. The predicted molar refractivity (Wildman–Crippen MR) is 85.0 cm³/mol. The first-order valence-corrected chi connectivity index (χ1v) is 7.73. The van der Waals surface area contributed by atoms with E-state index in [9.17, 15) is 5.11 Å². The van der Waals surface area contributed by atoms with Crippen molar-refractivity contribution in [3.8, 4) is 11.5 Å². The minimum atomic E-state index is 0.205. The normalized spacial score (nSPS) is 22.6. The lowest BCUT2D eigenvalue weighted by molar-refractivity contribution is 0.126. The molecule has 0 radical (unpaired) electrons. The monoisotopic (exact) mass is 301 g/mol. The van der Waals surface area contributed by atoms with Crippen LogP contribution in [0.15, 0.2) is 36.9 Å². The number of hydrogen-bond donors (Lipinski definition) is 1. The highest BCUT2D eigenvalue weighted by atomic mass is 16.5. The Morgan fingerprint density at radius 2 is 2.27 bits per heavy atom. The number of hydrogen-bond acceptors (Lipinski definition) is 4. The Morgan fingerprint density at radius 3 is 2.95 bits per heavy atom. The van der Waals surface area contributed by atoms with Gasteiger partial charge in [-0.1, -0.05) is 13.0 Å². The molecular formula is C17H23N3O2. The van der Waals surface area contributed by atoms with Gasteiger partial charge in [-0.05, 0) is 36.6 Å². The molecule has 5 nitrogen and oxygen atoms in total. The maximum Gasteiger partial charge on any atom is 0.160 e. The summed E-state index contributed by atoms with van der Waals surface area (Å²) in [7, 11) is 1.57. The van der Waals surface area contributed by atoms with E-state index >= 15 is 0 Å². The molecule has 2 atom stereocenters. The van der Waals surface area contributed by atoms with Gasteiger partial charge in [0.15, 0.2) is 11.5 Å². The van der Waals surface area contributed by atoms with Gasteiger partial charge in [-0.2, -0.15) is 0 Å². The van der Waals surface area contributed by atoms with Crippen molar-refractivity contribution in [3.05, 3.63) is 42.5 Å². The van der Waals surface area contributed by atoms with Crippen LogP contribution in [0.2, 0.25) is 0 Å². The third-order valence-corrected chi connectivity index (χ3v) is 4.56. The van der Waals surface area contributed by atoms with Crippen LogP contribution in [0.25, 0.3) is 0 Å². The molecule has 2 unspecified atom stereocenters. The minimum Gasteiger partial charge on any atom is -0.504 e. The number of piperidine rings is 1. The zero-order valence-corrected chi connectivity index (χ0v) is 13.1. The van der Waals surface area contributed by atoms with E-state index < -0.39 is 0 Å². The number of rotatable bonds is 4. The van der Waals surface area contributed by atoms with Crippen molar-refractivity contribution >= 4 is 0 Å². The van der Waals surface area contributed by atoms with Gasteiger partial charge < -0.3 is 14.4 Å². The Hall–Kier alpha value is -2.01. The smallest absolute Gasteiger partial charge is 0.160 e. The SMILES string of the molecule is COc1ccc(CN2CCC(C)C(n3ccnc3)C2)cc1O. The number of aromatic hydroxyl groups is 1. The predicted octanol–water partition coefficient (Wildman–Crippen LogP) is 2.68. The van der Waals surface area contributed by atoms with Crippen LogP contribution in [-0.2, 0) is 6.54 Å². The van der Waals surface area contributed by atoms with Crippen LogP contribution >= 0.6 is 0 Å². The van der Waals surface area contributed by atoms with E-state index in [-0.39, 0.29) is 5.75 Å². The summed E-state index contributed by atoms with van der Waals surface area (Å²) in [5, 5.41) is 9.91. The maximum absolute atomic E-state index is 9.91. The van der Waals surface area contributed by atoms with Crippen LogP contribution in [0.4, 0.5) is 0 Å². The van der Waals surface area contributed by atoms with E-state index in [0.29, 0.717) is 17.7 Å². The van der Waals surface area contributed by atoms with Crippen molar-refractivity contribution < 1.29 is 9.84 Å². The fraction of sp³-hybridized carbons (Fsp3) is 0.471. The summed E-state index contributed by atoms with van der Waals surface area (Å²) in [4.78, 5) is 6.61. The second-order valence-corrected chi connectivity index (χ2v) is 6.08. The van der Waals surface area contributed by atoms with E-state index in [0.717, 1.165) is 25.2 Å². The molecule has 3 rings (SSSR count). The molecule has 1 aliphatic heterocycles. The Morgan fingerprint density at radius 1 is 1.41 bits per heavy atom. The second-order valence-electron chi connectivity index (χ2n) is 6.08. The molecule has 1 aromatic carbocycles. The fourth-order valence-electron chi connectivity index (χ4n) is 3.20. The number of phenolic OH excluding ortho intramolecular Hbond substituents is 1. The number of likely N-dealkylation sites (tertiary alicyclic amines) is 1. The maximum atomic E-state index is 9.91. The van der Waals surface area contributed by atoms with Crippen molar-refractivity contribution in [2.24, 2.45) is 5.92 Å². The number of aromatic nitrogens is 2. The van der Waals surface area contributed by atoms with E-state index in [1.807, 2.05) is 30.9 Å². The molecule has 0 bridgehead atoms. The first-order valence-electron chi connectivity index (χ1n) is 7.73. The summed E-state index contributed by atoms with van der Waals surface area (Å²) in [6, 6.07) is 6.10. The lowest BCUT2D eigenvalue weighted by Crippen LogP contribution is -2.40. The number of imidazole rings is 1. The quantitative estimate of drug-likeness (QED) is 0.943. The summed E-state index contributed by atoms with van der Waals surface area (Å²) in [6.07, 6.45) is 6.96. The highest BCUT2D eigenvalue weighted by molar-refractivity contribution is 5.41. The standard InChI is InChI=1S/C17H23N3O2/c1-13-5-7-19(11-15(13)20-8-6-18-12-20)10-14-3-4-17(22-2)16(21)9-14/h3-4,6,8-9,12-13,15,21H,5,7,10-11H2,1-2H3. The largest absolute Gasteiger partial charge is 0.504 e. The molecule has 1 fully saturated rings. The molecule has 1 N–H and O–H groups in total. The van der Waals surface area contributed by atoms with Gasteiger partial charge in [0.25, 0.3) is 0 Å². The number of ether oxygens (including phenoxy) is 1. The summed E-state index contributed by atoms with van der Waals surface area (Å²) >= 11 is 0. The molecule has 1 aromatic heterocycles.